The molecule has 0 aliphatic heterocycles. The molecule has 2 aromatic rings. The maximum absolute atomic E-state index is 13.4. The van der Waals surface area contributed by atoms with Crippen molar-refractivity contribution >= 4 is 11.6 Å². The Labute approximate surface area is 109 Å². The third-order valence-electron chi connectivity index (χ3n) is 2.51. The van der Waals surface area contributed by atoms with Gasteiger partial charge in [-0.3, -0.25) is 0 Å². The van der Waals surface area contributed by atoms with E-state index in [9.17, 15) is 4.39 Å². The number of hydrogen-bond acceptors (Lipinski definition) is 3. The minimum atomic E-state index is -0.335. The fourth-order valence-corrected chi connectivity index (χ4v) is 1.67. The van der Waals surface area contributed by atoms with Gasteiger partial charge >= 0.3 is 0 Å². The monoisotopic (exact) mass is 266 g/mol. The zero-order valence-electron chi connectivity index (χ0n) is 9.78. The second-order valence-electron chi connectivity index (χ2n) is 3.81. The molecule has 0 unspecified atom stereocenters. The first-order valence-electron chi connectivity index (χ1n) is 5.39. The summed E-state index contributed by atoms with van der Waals surface area (Å²) in [4.78, 5) is 4.00. The van der Waals surface area contributed by atoms with Crippen LogP contribution in [0.4, 0.5) is 4.39 Å². The number of hydrogen-bond donors (Lipinski definition) is 1. The normalized spacial score (nSPS) is 10.4. The van der Waals surface area contributed by atoms with Crippen LogP contribution >= 0.6 is 11.6 Å². The van der Waals surface area contributed by atoms with Crippen molar-refractivity contribution in [3.05, 3.63) is 52.4 Å². The highest BCUT2D eigenvalue weighted by Gasteiger charge is 2.09. The number of nitrogens with zero attached hydrogens (tertiary/aromatic N) is 1. The first-order chi connectivity index (χ1) is 8.61. The summed E-state index contributed by atoms with van der Waals surface area (Å²) in [5, 5.41) is 0.348. The van der Waals surface area contributed by atoms with Gasteiger partial charge in [-0.15, -0.1) is 0 Å². The Balaban J connectivity index is 2.31. The highest BCUT2D eigenvalue weighted by Crippen LogP contribution is 2.30. The summed E-state index contributed by atoms with van der Waals surface area (Å²) in [5.41, 5.74) is 6.81. The lowest BCUT2D eigenvalue weighted by molar-refractivity contribution is 0.457. The molecule has 0 saturated heterocycles. The summed E-state index contributed by atoms with van der Waals surface area (Å²) >= 11 is 6.07. The number of aromatic nitrogens is 1. The van der Waals surface area contributed by atoms with E-state index >= 15 is 0 Å². The predicted octanol–water partition coefficient (Wildman–Crippen LogP) is 3.43. The molecule has 0 aliphatic carbocycles. The third kappa shape index (κ3) is 2.60. The summed E-state index contributed by atoms with van der Waals surface area (Å²) in [6, 6.07) is 6.30. The number of rotatable bonds is 3. The van der Waals surface area contributed by atoms with Gasteiger partial charge in [0, 0.05) is 18.8 Å². The first-order valence-corrected chi connectivity index (χ1v) is 5.77. The zero-order chi connectivity index (χ0) is 13.1. The van der Waals surface area contributed by atoms with E-state index in [1.807, 2.05) is 0 Å². The number of pyridine rings is 1. The maximum atomic E-state index is 13.4. The Bertz CT molecular complexity index is 575. The van der Waals surface area contributed by atoms with E-state index in [1.54, 1.807) is 31.3 Å². The van der Waals surface area contributed by atoms with Crippen LogP contribution in [-0.2, 0) is 6.54 Å². The molecule has 0 amide bonds. The van der Waals surface area contributed by atoms with Crippen LogP contribution in [0.15, 0.2) is 30.5 Å². The highest BCUT2D eigenvalue weighted by atomic mass is 35.5. The van der Waals surface area contributed by atoms with Crippen molar-refractivity contribution in [2.75, 3.05) is 0 Å². The third-order valence-corrected chi connectivity index (χ3v) is 2.92. The van der Waals surface area contributed by atoms with E-state index in [2.05, 4.69) is 4.98 Å². The molecule has 2 N–H and O–H groups in total. The quantitative estimate of drug-likeness (QED) is 0.926. The Kier molecular flexibility index (Phi) is 3.79. The molecule has 1 aromatic heterocycles. The Morgan fingerprint density at radius 1 is 1.39 bits per heavy atom. The lowest BCUT2D eigenvalue weighted by Crippen LogP contribution is -1.99. The smallest absolute Gasteiger partial charge is 0.238 e. The first kappa shape index (κ1) is 12.8. The Hall–Kier alpha value is -1.65. The Morgan fingerprint density at radius 2 is 2.17 bits per heavy atom. The molecule has 0 saturated carbocycles. The molecule has 5 heteroatoms. The van der Waals surface area contributed by atoms with Crippen LogP contribution in [0.25, 0.3) is 0 Å². The van der Waals surface area contributed by atoms with Gasteiger partial charge in [-0.2, -0.15) is 0 Å². The van der Waals surface area contributed by atoms with Crippen molar-refractivity contribution in [3.8, 4) is 11.6 Å². The molecular formula is C13H12ClFN2O. The predicted molar refractivity (Wildman–Crippen MR) is 68.3 cm³/mol. The van der Waals surface area contributed by atoms with Gasteiger partial charge in [0.25, 0.3) is 0 Å². The van der Waals surface area contributed by atoms with Gasteiger partial charge in [0.2, 0.25) is 5.88 Å². The highest BCUT2D eigenvalue weighted by molar-refractivity contribution is 6.32. The van der Waals surface area contributed by atoms with E-state index in [0.29, 0.717) is 22.9 Å². The summed E-state index contributed by atoms with van der Waals surface area (Å²) in [6.07, 6.45) is 1.55. The number of aryl methyl sites for hydroxylation is 1. The number of benzene rings is 1. The van der Waals surface area contributed by atoms with Gasteiger partial charge in [-0.25, -0.2) is 9.37 Å². The van der Waals surface area contributed by atoms with Crippen molar-refractivity contribution in [3.63, 3.8) is 0 Å². The van der Waals surface area contributed by atoms with Crippen molar-refractivity contribution in [2.24, 2.45) is 5.73 Å². The lowest BCUT2D eigenvalue weighted by atomic mass is 10.2. The Morgan fingerprint density at radius 3 is 2.83 bits per heavy atom. The van der Waals surface area contributed by atoms with E-state index in [0.717, 1.165) is 5.56 Å². The van der Waals surface area contributed by atoms with Gasteiger partial charge in [0.05, 0.1) is 0 Å². The minimum Gasteiger partial charge on any atom is -0.437 e. The standard InChI is InChI=1S/C13H12ClFN2O/c1-8-2-3-10(6-11(8)15)18-13-12(14)9(7-16)4-5-17-13/h2-6H,7,16H2,1H3. The van der Waals surface area contributed by atoms with Gasteiger partial charge in [-0.05, 0) is 30.2 Å². The molecular weight excluding hydrogens is 255 g/mol. The van der Waals surface area contributed by atoms with Crippen molar-refractivity contribution in [2.45, 2.75) is 13.5 Å². The summed E-state index contributed by atoms with van der Waals surface area (Å²) < 4.78 is 18.8. The fourth-order valence-electron chi connectivity index (χ4n) is 1.44. The van der Waals surface area contributed by atoms with Crippen LogP contribution in [0.5, 0.6) is 11.6 Å². The summed E-state index contributed by atoms with van der Waals surface area (Å²) in [5.74, 6) is 0.239. The summed E-state index contributed by atoms with van der Waals surface area (Å²) in [7, 11) is 0. The van der Waals surface area contributed by atoms with Crippen molar-refractivity contribution in [1.82, 2.24) is 4.98 Å². The summed E-state index contributed by atoms with van der Waals surface area (Å²) in [6.45, 7) is 1.97. The average Bonchev–Trinajstić information content (AvgIpc) is 2.36. The number of nitrogens with two attached hydrogens (primary N) is 1. The molecule has 94 valence electrons. The molecule has 0 radical (unpaired) electrons. The molecule has 1 aromatic carbocycles. The van der Waals surface area contributed by atoms with Crippen molar-refractivity contribution in [1.29, 1.82) is 0 Å². The fraction of sp³-hybridized carbons (Fsp3) is 0.154. The van der Waals surface area contributed by atoms with E-state index in [-0.39, 0.29) is 11.7 Å². The molecule has 0 bridgehead atoms. The molecule has 3 nitrogen and oxygen atoms in total. The number of halogens is 2. The van der Waals surface area contributed by atoms with E-state index in [4.69, 9.17) is 22.1 Å². The van der Waals surface area contributed by atoms with Gasteiger partial charge in [0.15, 0.2) is 0 Å². The van der Waals surface area contributed by atoms with Crippen LogP contribution in [0, 0.1) is 12.7 Å². The molecule has 0 spiro atoms. The molecule has 18 heavy (non-hydrogen) atoms. The molecule has 1 heterocycles. The van der Waals surface area contributed by atoms with E-state index < -0.39 is 0 Å². The average molecular weight is 267 g/mol. The minimum absolute atomic E-state index is 0.225. The second-order valence-corrected chi connectivity index (χ2v) is 4.18. The van der Waals surface area contributed by atoms with Crippen LogP contribution in [0.1, 0.15) is 11.1 Å². The molecule has 0 fully saturated rings. The topological polar surface area (TPSA) is 48.1 Å². The zero-order valence-corrected chi connectivity index (χ0v) is 10.5. The SMILES string of the molecule is Cc1ccc(Oc2nccc(CN)c2Cl)cc1F. The van der Waals surface area contributed by atoms with Gasteiger partial charge < -0.3 is 10.5 Å². The molecule has 2 rings (SSSR count). The largest absolute Gasteiger partial charge is 0.437 e. The van der Waals surface area contributed by atoms with Crippen molar-refractivity contribution < 1.29 is 9.13 Å². The molecule has 0 atom stereocenters. The van der Waals surface area contributed by atoms with Gasteiger partial charge in [-0.1, -0.05) is 17.7 Å². The van der Waals surface area contributed by atoms with Gasteiger partial charge in [0.1, 0.15) is 16.6 Å². The van der Waals surface area contributed by atoms with E-state index in [1.165, 1.54) is 6.07 Å². The molecule has 0 aliphatic rings. The lowest BCUT2D eigenvalue weighted by Gasteiger charge is -2.09. The van der Waals surface area contributed by atoms with Crippen LogP contribution in [-0.4, -0.2) is 4.98 Å². The van der Waals surface area contributed by atoms with Crippen LogP contribution < -0.4 is 10.5 Å². The van der Waals surface area contributed by atoms with Crippen LogP contribution in [0.3, 0.4) is 0 Å². The maximum Gasteiger partial charge on any atom is 0.238 e. The van der Waals surface area contributed by atoms with Crippen LogP contribution in [0.2, 0.25) is 5.02 Å². The second kappa shape index (κ2) is 5.33. The number of ether oxygens (including phenoxy) is 1.